The predicted octanol–water partition coefficient (Wildman–Crippen LogP) is 5.41. The molecule has 2 heteroatoms. The Kier molecular flexibility index (Phi) is 8.94. The number of aliphatic carboxylic acids is 1. The third kappa shape index (κ3) is 9.07. The second-order valence-electron chi connectivity index (χ2n) is 6.31. The fourth-order valence-electron chi connectivity index (χ4n) is 3.06. The molecule has 0 amide bonds. The second-order valence-corrected chi connectivity index (χ2v) is 6.31. The summed E-state index contributed by atoms with van der Waals surface area (Å²) in [6, 6.07) is 0. The van der Waals surface area contributed by atoms with Crippen molar-refractivity contribution in [3.05, 3.63) is 0 Å². The van der Waals surface area contributed by atoms with Crippen molar-refractivity contribution in [2.75, 3.05) is 0 Å². The van der Waals surface area contributed by atoms with Crippen molar-refractivity contribution in [1.82, 2.24) is 0 Å². The number of rotatable bonds is 13. The van der Waals surface area contributed by atoms with Crippen LogP contribution in [-0.2, 0) is 4.79 Å². The largest absolute Gasteiger partial charge is 0.481 e. The van der Waals surface area contributed by atoms with E-state index in [0.29, 0.717) is 6.42 Å². The van der Waals surface area contributed by atoms with Gasteiger partial charge in [0, 0.05) is 6.42 Å². The Bertz CT molecular complexity index is 237. The Morgan fingerprint density at radius 3 is 1.95 bits per heavy atom. The Morgan fingerprint density at radius 2 is 1.42 bits per heavy atom. The fraction of sp³-hybridized carbons (Fsp3) is 0.941. The molecule has 1 saturated carbocycles. The van der Waals surface area contributed by atoms with Gasteiger partial charge in [-0.15, -0.1) is 0 Å². The molecule has 1 fully saturated rings. The number of carbonyl (C=O) groups is 1. The van der Waals surface area contributed by atoms with Crippen molar-refractivity contribution < 1.29 is 9.90 Å². The first kappa shape index (κ1) is 16.5. The molecular weight excluding hydrogens is 236 g/mol. The van der Waals surface area contributed by atoms with Crippen LogP contribution in [-0.4, -0.2) is 11.1 Å². The molecule has 1 N–H and O–H groups in total. The van der Waals surface area contributed by atoms with Crippen molar-refractivity contribution in [2.45, 2.75) is 90.4 Å². The van der Waals surface area contributed by atoms with Gasteiger partial charge in [0.05, 0.1) is 0 Å². The zero-order valence-corrected chi connectivity index (χ0v) is 12.7. The maximum atomic E-state index is 10.4. The molecule has 0 heterocycles. The van der Waals surface area contributed by atoms with Crippen molar-refractivity contribution in [1.29, 1.82) is 0 Å². The Balaban J connectivity index is 1.79. The molecule has 0 aromatic rings. The summed E-state index contributed by atoms with van der Waals surface area (Å²) in [5.41, 5.74) is 0. The van der Waals surface area contributed by atoms with Crippen molar-refractivity contribution in [2.24, 2.45) is 11.8 Å². The number of carboxylic acid groups (broad SMARTS) is 1. The van der Waals surface area contributed by atoms with Gasteiger partial charge < -0.3 is 5.11 Å². The lowest BCUT2D eigenvalue weighted by molar-refractivity contribution is -0.137. The first-order valence-electron chi connectivity index (χ1n) is 8.45. The Hall–Kier alpha value is -0.530. The van der Waals surface area contributed by atoms with Crippen molar-refractivity contribution >= 4 is 5.97 Å². The standard InChI is InChI=1S/C17H32O2/c1-2-3-4-5-8-11-15-14-16(15)12-9-6-7-10-13-17(18)19/h15-16H,2-14H2,1H3,(H,18,19). The quantitative estimate of drug-likeness (QED) is 0.453. The maximum absolute atomic E-state index is 10.4. The van der Waals surface area contributed by atoms with Gasteiger partial charge in [0.2, 0.25) is 0 Å². The maximum Gasteiger partial charge on any atom is 0.303 e. The highest BCUT2D eigenvalue weighted by atomic mass is 16.4. The van der Waals surface area contributed by atoms with E-state index in [4.69, 9.17) is 5.11 Å². The molecule has 1 rings (SSSR count). The summed E-state index contributed by atoms with van der Waals surface area (Å²) >= 11 is 0. The smallest absolute Gasteiger partial charge is 0.303 e. The zero-order chi connectivity index (χ0) is 13.9. The van der Waals surface area contributed by atoms with Crippen LogP contribution in [0.25, 0.3) is 0 Å². The first-order chi connectivity index (χ1) is 9.24. The van der Waals surface area contributed by atoms with E-state index in [2.05, 4.69) is 6.92 Å². The van der Waals surface area contributed by atoms with Crippen LogP contribution in [0.4, 0.5) is 0 Å². The van der Waals surface area contributed by atoms with Crippen LogP contribution in [0, 0.1) is 11.8 Å². The minimum Gasteiger partial charge on any atom is -0.481 e. The lowest BCUT2D eigenvalue weighted by Crippen LogP contribution is -1.93. The third-order valence-electron chi connectivity index (χ3n) is 4.46. The fourth-order valence-corrected chi connectivity index (χ4v) is 3.06. The molecule has 19 heavy (non-hydrogen) atoms. The molecule has 0 aliphatic heterocycles. The third-order valence-corrected chi connectivity index (χ3v) is 4.46. The van der Waals surface area contributed by atoms with E-state index in [1.54, 1.807) is 0 Å². The predicted molar refractivity (Wildman–Crippen MR) is 80.3 cm³/mol. The van der Waals surface area contributed by atoms with E-state index in [1.807, 2.05) is 0 Å². The molecule has 0 spiro atoms. The lowest BCUT2D eigenvalue weighted by Gasteiger charge is -2.02. The van der Waals surface area contributed by atoms with Gasteiger partial charge in [0.15, 0.2) is 0 Å². The minimum absolute atomic E-state index is 0.351. The summed E-state index contributed by atoms with van der Waals surface area (Å²) in [7, 11) is 0. The molecule has 2 unspecified atom stereocenters. The Morgan fingerprint density at radius 1 is 0.895 bits per heavy atom. The Labute approximate surface area is 119 Å². The van der Waals surface area contributed by atoms with E-state index in [-0.39, 0.29) is 0 Å². The van der Waals surface area contributed by atoms with Crippen LogP contribution >= 0.6 is 0 Å². The second kappa shape index (κ2) is 10.3. The van der Waals surface area contributed by atoms with Gasteiger partial charge in [0.25, 0.3) is 0 Å². The van der Waals surface area contributed by atoms with Gasteiger partial charge in [0.1, 0.15) is 0 Å². The molecule has 0 aromatic carbocycles. The molecule has 0 bridgehead atoms. The van der Waals surface area contributed by atoms with Crippen LogP contribution in [0.5, 0.6) is 0 Å². The summed E-state index contributed by atoms with van der Waals surface area (Å²) in [5.74, 6) is 1.41. The highest BCUT2D eigenvalue weighted by Crippen LogP contribution is 2.45. The van der Waals surface area contributed by atoms with Crippen LogP contribution in [0.15, 0.2) is 0 Å². The zero-order valence-electron chi connectivity index (χ0n) is 12.7. The molecule has 0 aromatic heterocycles. The lowest BCUT2D eigenvalue weighted by atomic mass is 10.0. The molecule has 0 radical (unpaired) electrons. The molecule has 1 aliphatic carbocycles. The van der Waals surface area contributed by atoms with E-state index in [9.17, 15) is 4.79 Å². The van der Waals surface area contributed by atoms with Crippen molar-refractivity contribution in [3.8, 4) is 0 Å². The molecule has 1 aliphatic rings. The highest BCUT2D eigenvalue weighted by molar-refractivity contribution is 5.66. The number of hydrogen-bond acceptors (Lipinski definition) is 1. The number of unbranched alkanes of at least 4 members (excludes halogenated alkanes) is 7. The SMILES string of the molecule is CCCCCCCC1CC1CCCCCCC(=O)O. The normalized spacial score (nSPS) is 21.5. The highest BCUT2D eigenvalue weighted by Gasteiger charge is 2.34. The first-order valence-corrected chi connectivity index (χ1v) is 8.45. The average molecular weight is 268 g/mol. The van der Waals surface area contributed by atoms with Gasteiger partial charge in [-0.2, -0.15) is 0 Å². The summed E-state index contributed by atoms with van der Waals surface area (Å²) in [5, 5.41) is 8.54. The van der Waals surface area contributed by atoms with Gasteiger partial charge in [-0.1, -0.05) is 71.1 Å². The minimum atomic E-state index is -0.648. The summed E-state index contributed by atoms with van der Waals surface area (Å²) < 4.78 is 0. The monoisotopic (exact) mass is 268 g/mol. The van der Waals surface area contributed by atoms with Crippen molar-refractivity contribution in [3.63, 3.8) is 0 Å². The summed E-state index contributed by atoms with van der Waals surface area (Å²) in [6.07, 6.45) is 16.2. The summed E-state index contributed by atoms with van der Waals surface area (Å²) in [6.45, 7) is 2.27. The molecule has 2 nitrogen and oxygen atoms in total. The van der Waals surface area contributed by atoms with Crippen LogP contribution < -0.4 is 0 Å². The van der Waals surface area contributed by atoms with E-state index in [1.165, 1.54) is 64.2 Å². The van der Waals surface area contributed by atoms with Crippen LogP contribution in [0.2, 0.25) is 0 Å². The van der Waals surface area contributed by atoms with Gasteiger partial charge in [-0.3, -0.25) is 4.79 Å². The molecule has 2 atom stereocenters. The molecular formula is C17H32O2. The topological polar surface area (TPSA) is 37.3 Å². The number of hydrogen-bond donors (Lipinski definition) is 1. The average Bonchev–Trinajstić information content (AvgIpc) is 3.12. The number of carboxylic acids is 1. The van der Waals surface area contributed by atoms with Crippen LogP contribution in [0.1, 0.15) is 90.4 Å². The van der Waals surface area contributed by atoms with Gasteiger partial charge >= 0.3 is 5.97 Å². The molecule has 112 valence electrons. The van der Waals surface area contributed by atoms with E-state index in [0.717, 1.165) is 24.7 Å². The van der Waals surface area contributed by atoms with E-state index < -0.39 is 5.97 Å². The van der Waals surface area contributed by atoms with Crippen LogP contribution in [0.3, 0.4) is 0 Å². The van der Waals surface area contributed by atoms with E-state index >= 15 is 0 Å². The molecule has 0 saturated heterocycles. The summed E-state index contributed by atoms with van der Waals surface area (Å²) in [4.78, 5) is 10.4. The van der Waals surface area contributed by atoms with Gasteiger partial charge in [-0.05, 0) is 24.7 Å². The van der Waals surface area contributed by atoms with Gasteiger partial charge in [-0.25, -0.2) is 0 Å².